The van der Waals surface area contributed by atoms with Gasteiger partial charge in [0, 0.05) is 50.8 Å². The fourth-order valence-corrected chi connectivity index (χ4v) is 3.52. The van der Waals surface area contributed by atoms with Crippen molar-refractivity contribution in [1.82, 2.24) is 24.5 Å². The molecule has 1 N–H and O–H groups in total. The van der Waals surface area contributed by atoms with Gasteiger partial charge in [-0.05, 0) is 26.2 Å². The second-order valence-electron chi connectivity index (χ2n) is 6.19. The predicted octanol–water partition coefficient (Wildman–Crippen LogP) is 1.10. The summed E-state index contributed by atoms with van der Waals surface area (Å²) in [5.74, 6) is 1.72. The molecular formula is C15H22N6O. The van der Waals surface area contributed by atoms with Crippen LogP contribution in [-0.4, -0.2) is 62.9 Å². The molecule has 2 aliphatic rings. The average molecular weight is 302 g/mol. The van der Waals surface area contributed by atoms with Crippen LogP contribution in [-0.2, 0) is 4.74 Å². The van der Waals surface area contributed by atoms with Crippen molar-refractivity contribution < 1.29 is 4.74 Å². The third-order valence-electron chi connectivity index (χ3n) is 4.77. The third kappa shape index (κ3) is 2.55. The second kappa shape index (κ2) is 5.81. The van der Waals surface area contributed by atoms with Crippen LogP contribution in [0.5, 0.6) is 0 Å². The largest absolute Gasteiger partial charge is 0.381 e. The summed E-state index contributed by atoms with van der Waals surface area (Å²) >= 11 is 0. The molecule has 0 aliphatic carbocycles. The fraction of sp³-hybridized carbons (Fsp3) is 0.667. The van der Waals surface area contributed by atoms with E-state index in [1.807, 2.05) is 17.5 Å². The Morgan fingerprint density at radius 3 is 2.95 bits per heavy atom. The minimum atomic E-state index is 0.429. The van der Waals surface area contributed by atoms with E-state index in [9.17, 15) is 0 Å². The third-order valence-corrected chi connectivity index (χ3v) is 4.77. The highest BCUT2D eigenvalue weighted by Crippen LogP contribution is 2.23. The van der Waals surface area contributed by atoms with Gasteiger partial charge in [0.05, 0.1) is 0 Å². The van der Waals surface area contributed by atoms with Crippen LogP contribution in [0.2, 0.25) is 0 Å². The van der Waals surface area contributed by atoms with Gasteiger partial charge in [0.1, 0.15) is 5.82 Å². The van der Waals surface area contributed by atoms with Crippen LogP contribution in [0, 0.1) is 6.92 Å². The molecule has 1 unspecified atom stereocenters. The zero-order chi connectivity index (χ0) is 14.9. The predicted molar refractivity (Wildman–Crippen MR) is 83.0 cm³/mol. The van der Waals surface area contributed by atoms with Crippen LogP contribution in [0.15, 0.2) is 12.4 Å². The highest BCUT2D eigenvalue weighted by Gasteiger charge is 2.29. The summed E-state index contributed by atoms with van der Waals surface area (Å²) in [7, 11) is 0. The van der Waals surface area contributed by atoms with E-state index in [-0.39, 0.29) is 0 Å². The summed E-state index contributed by atoms with van der Waals surface area (Å²) in [4.78, 5) is 7.04. The Morgan fingerprint density at radius 1 is 1.23 bits per heavy atom. The fourth-order valence-electron chi connectivity index (χ4n) is 3.52. The first-order valence-electron chi connectivity index (χ1n) is 8.06. The van der Waals surface area contributed by atoms with E-state index in [1.54, 1.807) is 6.20 Å². The van der Waals surface area contributed by atoms with Gasteiger partial charge in [-0.3, -0.25) is 9.30 Å². The van der Waals surface area contributed by atoms with Gasteiger partial charge in [-0.2, -0.15) is 0 Å². The summed E-state index contributed by atoms with van der Waals surface area (Å²) < 4.78 is 7.43. The Hall–Kier alpha value is -1.73. The monoisotopic (exact) mass is 302 g/mol. The van der Waals surface area contributed by atoms with Crippen LogP contribution >= 0.6 is 0 Å². The van der Waals surface area contributed by atoms with E-state index in [4.69, 9.17) is 4.74 Å². The molecule has 2 aromatic heterocycles. The summed E-state index contributed by atoms with van der Waals surface area (Å²) in [6, 6.07) is 1.11. The van der Waals surface area contributed by atoms with Crippen molar-refractivity contribution in [3.8, 4) is 0 Å². The van der Waals surface area contributed by atoms with Crippen molar-refractivity contribution in [2.24, 2.45) is 0 Å². The molecule has 0 amide bonds. The van der Waals surface area contributed by atoms with Crippen LogP contribution in [0.25, 0.3) is 5.65 Å². The SMILES string of the molecule is Cc1nnc2c(NC3CCN(C4CCOCC4)C3)nccn12. The molecule has 0 aromatic carbocycles. The van der Waals surface area contributed by atoms with Crippen molar-refractivity contribution in [3.05, 3.63) is 18.2 Å². The minimum Gasteiger partial charge on any atom is -0.381 e. The maximum atomic E-state index is 5.46. The zero-order valence-electron chi connectivity index (χ0n) is 12.9. The number of ether oxygens (including phenoxy) is 1. The van der Waals surface area contributed by atoms with Crippen LogP contribution in [0.1, 0.15) is 25.1 Å². The first-order valence-corrected chi connectivity index (χ1v) is 8.06. The number of rotatable bonds is 3. The number of hydrogen-bond acceptors (Lipinski definition) is 6. The molecule has 0 saturated carbocycles. The topological polar surface area (TPSA) is 67.6 Å². The van der Waals surface area contributed by atoms with Crippen LogP contribution in [0.4, 0.5) is 5.82 Å². The summed E-state index contributed by atoms with van der Waals surface area (Å²) in [6.45, 7) is 5.97. The molecule has 22 heavy (non-hydrogen) atoms. The Balaban J connectivity index is 1.45. The molecule has 1 atom stereocenters. The Labute approximate surface area is 129 Å². The summed E-state index contributed by atoms with van der Waals surface area (Å²) in [5, 5.41) is 11.9. The Bertz CT molecular complexity index is 651. The minimum absolute atomic E-state index is 0.429. The Morgan fingerprint density at radius 2 is 2.09 bits per heavy atom. The maximum absolute atomic E-state index is 5.46. The van der Waals surface area contributed by atoms with E-state index < -0.39 is 0 Å². The van der Waals surface area contributed by atoms with Gasteiger partial charge in [-0.25, -0.2) is 4.98 Å². The van der Waals surface area contributed by atoms with Crippen LogP contribution < -0.4 is 5.32 Å². The molecule has 0 bridgehead atoms. The molecule has 0 radical (unpaired) electrons. The van der Waals surface area contributed by atoms with Gasteiger partial charge in [0.15, 0.2) is 5.82 Å². The lowest BCUT2D eigenvalue weighted by Gasteiger charge is -2.31. The van der Waals surface area contributed by atoms with Gasteiger partial charge < -0.3 is 10.1 Å². The van der Waals surface area contributed by atoms with Gasteiger partial charge in [-0.15, -0.1) is 10.2 Å². The van der Waals surface area contributed by atoms with E-state index >= 15 is 0 Å². The zero-order valence-corrected chi connectivity index (χ0v) is 12.9. The first kappa shape index (κ1) is 13.9. The summed E-state index contributed by atoms with van der Waals surface area (Å²) in [5.41, 5.74) is 0.810. The van der Waals surface area contributed by atoms with Crippen molar-refractivity contribution in [1.29, 1.82) is 0 Å². The second-order valence-corrected chi connectivity index (χ2v) is 6.19. The van der Waals surface area contributed by atoms with E-state index in [1.165, 1.54) is 0 Å². The number of hydrogen-bond donors (Lipinski definition) is 1. The van der Waals surface area contributed by atoms with Gasteiger partial charge in [0.2, 0.25) is 5.65 Å². The molecule has 2 saturated heterocycles. The number of likely N-dealkylation sites (tertiary alicyclic amines) is 1. The molecule has 7 nitrogen and oxygen atoms in total. The van der Waals surface area contributed by atoms with Crippen molar-refractivity contribution in [2.75, 3.05) is 31.6 Å². The van der Waals surface area contributed by atoms with E-state index in [0.29, 0.717) is 12.1 Å². The molecule has 2 aromatic rings. The van der Waals surface area contributed by atoms with Gasteiger partial charge in [0.25, 0.3) is 0 Å². The van der Waals surface area contributed by atoms with Gasteiger partial charge in [-0.1, -0.05) is 0 Å². The number of anilines is 1. The number of fused-ring (bicyclic) bond motifs is 1. The molecule has 2 aliphatic heterocycles. The molecule has 118 valence electrons. The molecule has 0 spiro atoms. The number of nitrogens with one attached hydrogen (secondary N) is 1. The lowest BCUT2D eigenvalue weighted by atomic mass is 10.1. The van der Waals surface area contributed by atoms with Crippen molar-refractivity contribution in [2.45, 2.75) is 38.3 Å². The normalized spacial score (nSPS) is 24.1. The van der Waals surface area contributed by atoms with Crippen molar-refractivity contribution in [3.63, 3.8) is 0 Å². The Kier molecular flexibility index (Phi) is 3.67. The van der Waals surface area contributed by atoms with E-state index in [0.717, 1.165) is 62.9 Å². The molecule has 7 heteroatoms. The molecule has 4 heterocycles. The maximum Gasteiger partial charge on any atom is 0.203 e. The average Bonchev–Trinajstić information content (AvgIpc) is 3.17. The van der Waals surface area contributed by atoms with E-state index in [2.05, 4.69) is 25.4 Å². The lowest BCUT2D eigenvalue weighted by molar-refractivity contribution is 0.0421. The quantitative estimate of drug-likeness (QED) is 0.916. The first-order chi connectivity index (χ1) is 10.8. The summed E-state index contributed by atoms with van der Waals surface area (Å²) in [6.07, 6.45) is 7.16. The number of nitrogens with zero attached hydrogens (tertiary/aromatic N) is 5. The highest BCUT2D eigenvalue weighted by molar-refractivity contribution is 5.62. The number of aromatic nitrogens is 4. The molecule has 4 rings (SSSR count). The smallest absolute Gasteiger partial charge is 0.203 e. The standard InChI is InChI=1S/C15H22N6O/c1-11-18-19-15-14(16-5-7-21(11)15)17-12-2-6-20(10-12)13-3-8-22-9-4-13/h5,7,12-13H,2-4,6,8-10H2,1H3,(H,16,17). The lowest BCUT2D eigenvalue weighted by Crippen LogP contribution is -2.39. The highest BCUT2D eigenvalue weighted by atomic mass is 16.5. The van der Waals surface area contributed by atoms with Gasteiger partial charge >= 0.3 is 0 Å². The molecular weight excluding hydrogens is 280 g/mol. The van der Waals surface area contributed by atoms with Crippen molar-refractivity contribution >= 4 is 11.5 Å². The number of aryl methyl sites for hydroxylation is 1. The van der Waals surface area contributed by atoms with Crippen LogP contribution in [0.3, 0.4) is 0 Å². The molecule has 2 fully saturated rings.